The molecule has 0 radical (unpaired) electrons. The summed E-state index contributed by atoms with van der Waals surface area (Å²) >= 11 is 0. The van der Waals surface area contributed by atoms with Crippen LogP contribution in [0.15, 0.2) is 42.0 Å². The topological polar surface area (TPSA) is 37.3 Å². The van der Waals surface area contributed by atoms with Crippen LogP contribution in [0.2, 0.25) is 0 Å². The van der Waals surface area contributed by atoms with E-state index in [0.717, 1.165) is 18.7 Å². The smallest absolute Gasteiger partial charge is 0.288 e. The van der Waals surface area contributed by atoms with Crippen LogP contribution in [-0.4, -0.2) is 29.1 Å². The zero-order chi connectivity index (χ0) is 13.7. The second-order valence-corrected chi connectivity index (χ2v) is 4.31. The maximum absolute atomic E-state index is 4.31. The quantitative estimate of drug-likeness (QED) is 0.355. The molecule has 0 unspecified atom stereocenters. The third kappa shape index (κ3) is 4.29. The Balaban J connectivity index is 0.00000200. The van der Waals surface area contributed by atoms with Crippen LogP contribution in [0.1, 0.15) is 19.4 Å². The average molecular weight is 385 g/mol. The lowest BCUT2D eigenvalue weighted by molar-refractivity contribution is -0.679. The number of halogens is 1. The standard InChI is InChI=1S/C14H20N5.HI/c1-4-18(5-2)14-8-6-13(7-9-14)10-15-19-11-16-17(3)12-19;/h6-12H,4-5H2,1-3H3;1H/q+1;/p-1/b15-10+;. The van der Waals surface area contributed by atoms with Gasteiger partial charge in [-0.25, -0.2) is 0 Å². The summed E-state index contributed by atoms with van der Waals surface area (Å²) in [5.74, 6) is 0. The van der Waals surface area contributed by atoms with Gasteiger partial charge in [0.25, 0.3) is 6.33 Å². The number of aryl methyl sites for hydroxylation is 1. The van der Waals surface area contributed by atoms with Gasteiger partial charge in [0.05, 0.1) is 13.3 Å². The van der Waals surface area contributed by atoms with Crippen LogP contribution >= 0.6 is 0 Å². The fourth-order valence-corrected chi connectivity index (χ4v) is 1.92. The van der Waals surface area contributed by atoms with Gasteiger partial charge in [0.2, 0.25) is 6.33 Å². The zero-order valence-corrected chi connectivity index (χ0v) is 14.2. The Hall–Kier alpha value is -1.44. The Morgan fingerprint density at radius 3 is 2.40 bits per heavy atom. The number of aromatic nitrogens is 3. The molecule has 0 aliphatic carbocycles. The van der Waals surface area contributed by atoms with Crippen molar-refractivity contribution in [2.24, 2.45) is 12.1 Å². The molecule has 0 amide bonds. The van der Waals surface area contributed by atoms with Gasteiger partial charge in [0.15, 0.2) is 0 Å². The van der Waals surface area contributed by atoms with E-state index in [4.69, 9.17) is 0 Å². The highest BCUT2D eigenvalue weighted by Crippen LogP contribution is 2.13. The van der Waals surface area contributed by atoms with Gasteiger partial charge in [-0.3, -0.25) is 0 Å². The van der Waals surface area contributed by atoms with E-state index in [1.807, 2.05) is 13.3 Å². The molecular formula is C14H20IN5. The first kappa shape index (κ1) is 16.6. The van der Waals surface area contributed by atoms with Crippen molar-refractivity contribution >= 4 is 11.9 Å². The average Bonchev–Trinajstić information content (AvgIpc) is 2.85. The van der Waals surface area contributed by atoms with Crippen molar-refractivity contribution in [2.75, 3.05) is 18.0 Å². The summed E-state index contributed by atoms with van der Waals surface area (Å²) in [6, 6.07) is 8.41. The molecule has 0 aliphatic heterocycles. The second kappa shape index (κ2) is 7.98. The van der Waals surface area contributed by atoms with Gasteiger partial charge in [-0.2, -0.15) is 0 Å². The molecule has 1 heterocycles. The Bertz CT molecular complexity index is 543. The van der Waals surface area contributed by atoms with E-state index < -0.39 is 0 Å². The Morgan fingerprint density at radius 2 is 1.90 bits per heavy atom. The Labute approximate surface area is 136 Å². The fourth-order valence-electron chi connectivity index (χ4n) is 1.92. The van der Waals surface area contributed by atoms with Crippen molar-refractivity contribution in [1.29, 1.82) is 0 Å². The molecule has 0 spiro atoms. The minimum atomic E-state index is 0. The molecular weight excluding hydrogens is 365 g/mol. The largest absolute Gasteiger partial charge is 1.00 e. The lowest BCUT2D eigenvalue weighted by Crippen LogP contribution is -3.00. The van der Waals surface area contributed by atoms with Gasteiger partial charge >= 0.3 is 0 Å². The van der Waals surface area contributed by atoms with Crippen molar-refractivity contribution < 1.29 is 28.7 Å². The van der Waals surface area contributed by atoms with Crippen molar-refractivity contribution in [2.45, 2.75) is 13.8 Å². The lowest BCUT2D eigenvalue weighted by atomic mass is 10.2. The van der Waals surface area contributed by atoms with Gasteiger partial charge in [0.1, 0.15) is 0 Å². The van der Waals surface area contributed by atoms with Gasteiger partial charge < -0.3 is 28.9 Å². The molecule has 0 aliphatic rings. The van der Waals surface area contributed by atoms with Crippen molar-refractivity contribution in [3.63, 3.8) is 0 Å². The van der Waals surface area contributed by atoms with Crippen LogP contribution < -0.4 is 33.6 Å². The SMILES string of the molecule is CCN(CC)c1ccc(/C=N/[n+]2cnn(C)c2)cc1.[I-]. The monoisotopic (exact) mass is 385 g/mol. The molecule has 2 rings (SSSR count). The first-order valence-electron chi connectivity index (χ1n) is 6.52. The molecule has 2 aromatic rings. The Kier molecular flexibility index (Phi) is 6.63. The summed E-state index contributed by atoms with van der Waals surface area (Å²) in [4.78, 5) is 2.32. The predicted octanol–water partition coefficient (Wildman–Crippen LogP) is -1.56. The molecule has 0 saturated heterocycles. The van der Waals surface area contributed by atoms with E-state index in [0.29, 0.717) is 0 Å². The van der Waals surface area contributed by atoms with E-state index in [1.54, 1.807) is 22.0 Å². The maximum atomic E-state index is 4.31. The zero-order valence-electron chi connectivity index (χ0n) is 12.1. The molecule has 0 bridgehead atoms. The molecule has 0 N–H and O–H groups in total. The van der Waals surface area contributed by atoms with Gasteiger partial charge in [0, 0.05) is 23.9 Å². The second-order valence-electron chi connectivity index (χ2n) is 4.31. The highest BCUT2D eigenvalue weighted by Gasteiger charge is 2.01. The molecule has 0 atom stereocenters. The van der Waals surface area contributed by atoms with Gasteiger partial charge in [-0.05, 0) is 31.5 Å². The molecule has 0 saturated carbocycles. The summed E-state index contributed by atoms with van der Waals surface area (Å²) < 4.78 is 3.39. The number of benzene rings is 1. The molecule has 5 nitrogen and oxygen atoms in total. The normalized spacial score (nSPS) is 10.6. The third-order valence-electron chi connectivity index (χ3n) is 3.00. The number of rotatable bonds is 5. The highest BCUT2D eigenvalue weighted by atomic mass is 127. The van der Waals surface area contributed by atoms with Crippen molar-refractivity contribution in [3.8, 4) is 0 Å². The summed E-state index contributed by atoms with van der Waals surface area (Å²) in [6.07, 6.45) is 5.30. The minimum absolute atomic E-state index is 0. The minimum Gasteiger partial charge on any atom is -1.00 e. The lowest BCUT2D eigenvalue weighted by Gasteiger charge is -2.20. The third-order valence-corrected chi connectivity index (χ3v) is 3.00. The molecule has 1 aromatic carbocycles. The summed E-state index contributed by atoms with van der Waals surface area (Å²) in [6.45, 7) is 6.38. The fraction of sp³-hybridized carbons (Fsp3) is 0.357. The van der Waals surface area contributed by atoms with E-state index in [2.05, 4.69) is 53.2 Å². The molecule has 1 aromatic heterocycles. The van der Waals surface area contributed by atoms with Gasteiger partial charge in [-0.15, -0.1) is 14.5 Å². The number of hydrogen-bond donors (Lipinski definition) is 0. The van der Waals surface area contributed by atoms with E-state index >= 15 is 0 Å². The van der Waals surface area contributed by atoms with Crippen LogP contribution in [0.5, 0.6) is 0 Å². The van der Waals surface area contributed by atoms with Crippen LogP contribution in [0.3, 0.4) is 0 Å². The first-order chi connectivity index (χ1) is 9.22. The van der Waals surface area contributed by atoms with E-state index in [1.165, 1.54) is 5.69 Å². The van der Waals surface area contributed by atoms with Crippen molar-refractivity contribution in [1.82, 2.24) is 9.78 Å². The van der Waals surface area contributed by atoms with E-state index in [9.17, 15) is 0 Å². The number of hydrogen-bond acceptors (Lipinski definition) is 3. The van der Waals surface area contributed by atoms with Gasteiger partial charge in [-0.1, -0.05) is 12.1 Å². The predicted molar refractivity (Wildman–Crippen MR) is 76.4 cm³/mol. The highest BCUT2D eigenvalue weighted by molar-refractivity contribution is 5.79. The number of anilines is 1. The Morgan fingerprint density at radius 1 is 1.25 bits per heavy atom. The molecule has 108 valence electrons. The summed E-state index contributed by atoms with van der Waals surface area (Å²) in [5, 5.41) is 8.35. The summed E-state index contributed by atoms with van der Waals surface area (Å²) in [7, 11) is 1.87. The van der Waals surface area contributed by atoms with E-state index in [-0.39, 0.29) is 24.0 Å². The number of nitrogens with zero attached hydrogens (tertiary/aromatic N) is 5. The molecule has 6 heteroatoms. The van der Waals surface area contributed by atoms with Crippen LogP contribution in [-0.2, 0) is 7.05 Å². The summed E-state index contributed by atoms with van der Waals surface area (Å²) in [5.41, 5.74) is 2.32. The first-order valence-corrected chi connectivity index (χ1v) is 6.52. The van der Waals surface area contributed by atoms with Crippen LogP contribution in [0, 0.1) is 0 Å². The molecule has 20 heavy (non-hydrogen) atoms. The molecule has 0 fully saturated rings. The van der Waals surface area contributed by atoms with Crippen LogP contribution in [0.25, 0.3) is 0 Å². The van der Waals surface area contributed by atoms with Crippen molar-refractivity contribution in [3.05, 3.63) is 42.5 Å². The van der Waals surface area contributed by atoms with Crippen LogP contribution in [0.4, 0.5) is 5.69 Å². The maximum Gasteiger partial charge on any atom is 0.288 e.